The number of benzene rings is 2. The number of nitrogens with zero attached hydrogens (tertiary/aromatic N) is 3. The van der Waals surface area contributed by atoms with Crippen LogP contribution in [0.2, 0.25) is 0 Å². The third-order valence-electron chi connectivity index (χ3n) is 6.39. The second-order valence-electron chi connectivity index (χ2n) is 9.13. The number of ether oxygens (including phenoxy) is 1. The van der Waals surface area contributed by atoms with E-state index in [0.717, 1.165) is 24.3 Å². The molecule has 7 heteroatoms. The summed E-state index contributed by atoms with van der Waals surface area (Å²) in [5, 5.41) is 2.95. The van der Waals surface area contributed by atoms with Crippen molar-refractivity contribution >= 4 is 17.5 Å². The lowest BCUT2D eigenvalue weighted by Gasteiger charge is -2.38. The van der Waals surface area contributed by atoms with Crippen molar-refractivity contribution in [1.29, 1.82) is 0 Å². The van der Waals surface area contributed by atoms with E-state index in [1.165, 1.54) is 0 Å². The second kappa shape index (κ2) is 11.3. The molecule has 0 spiro atoms. The molecule has 178 valence electrons. The molecule has 3 rings (SSSR count). The van der Waals surface area contributed by atoms with Gasteiger partial charge in [0.25, 0.3) is 0 Å². The molecule has 1 fully saturated rings. The van der Waals surface area contributed by atoms with Crippen molar-refractivity contribution < 1.29 is 14.3 Å². The van der Waals surface area contributed by atoms with Crippen LogP contribution in [0, 0.1) is 0 Å². The minimum atomic E-state index is -0.746. The third-order valence-corrected chi connectivity index (χ3v) is 6.39. The minimum absolute atomic E-state index is 0.0984. The van der Waals surface area contributed by atoms with E-state index in [-0.39, 0.29) is 18.4 Å². The van der Waals surface area contributed by atoms with E-state index >= 15 is 0 Å². The van der Waals surface area contributed by atoms with E-state index < -0.39 is 11.6 Å². The van der Waals surface area contributed by atoms with E-state index in [2.05, 4.69) is 22.3 Å². The number of nitrogens with one attached hydrogen (secondary N) is 1. The van der Waals surface area contributed by atoms with Crippen molar-refractivity contribution in [2.24, 2.45) is 0 Å². The SMILES string of the molecule is CN(C)C(C)(C)C(=O)NC(COCc1ccccc1)C(=O)N1CCN(c2ccccc2)CC1. The molecule has 2 aromatic rings. The zero-order chi connectivity index (χ0) is 23.8. The van der Waals surface area contributed by atoms with Gasteiger partial charge in [0.15, 0.2) is 0 Å². The maximum atomic E-state index is 13.4. The van der Waals surface area contributed by atoms with E-state index in [9.17, 15) is 9.59 Å². The number of para-hydroxylation sites is 1. The molecule has 0 aliphatic carbocycles. The fourth-order valence-corrected chi connectivity index (χ4v) is 3.63. The van der Waals surface area contributed by atoms with Crippen LogP contribution in [0.4, 0.5) is 5.69 Å². The highest BCUT2D eigenvalue weighted by molar-refractivity contribution is 5.91. The summed E-state index contributed by atoms with van der Waals surface area (Å²) in [6.45, 7) is 6.92. The fourth-order valence-electron chi connectivity index (χ4n) is 3.63. The molecule has 1 saturated heterocycles. The molecule has 1 atom stereocenters. The van der Waals surface area contributed by atoms with Crippen molar-refractivity contribution in [1.82, 2.24) is 15.1 Å². The number of piperazine rings is 1. The van der Waals surface area contributed by atoms with Gasteiger partial charge in [-0.2, -0.15) is 0 Å². The fraction of sp³-hybridized carbons (Fsp3) is 0.462. The lowest BCUT2D eigenvalue weighted by Crippen LogP contribution is -2.60. The summed E-state index contributed by atoms with van der Waals surface area (Å²) in [6.07, 6.45) is 0. The number of carbonyl (C=O) groups is 2. The predicted molar refractivity (Wildman–Crippen MR) is 131 cm³/mol. The van der Waals surface area contributed by atoms with Crippen molar-refractivity contribution in [2.75, 3.05) is 51.8 Å². The molecule has 7 nitrogen and oxygen atoms in total. The van der Waals surface area contributed by atoms with Gasteiger partial charge in [-0.3, -0.25) is 14.5 Å². The Bertz CT molecular complexity index is 894. The van der Waals surface area contributed by atoms with Crippen LogP contribution in [-0.2, 0) is 20.9 Å². The number of amides is 2. The largest absolute Gasteiger partial charge is 0.374 e. The molecule has 0 saturated carbocycles. The molecule has 1 aliphatic rings. The lowest BCUT2D eigenvalue weighted by atomic mass is 10.0. The molecule has 0 aromatic heterocycles. The first-order valence-electron chi connectivity index (χ1n) is 11.5. The van der Waals surface area contributed by atoms with Crippen LogP contribution in [0.1, 0.15) is 19.4 Å². The third kappa shape index (κ3) is 6.55. The van der Waals surface area contributed by atoms with Crippen molar-refractivity contribution in [3.8, 4) is 0 Å². The van der Waals surface area contributed by atoms with Gasteiger partial charge >= 0.3 is 0 Å². The van der Waals surface area contributed by atoms with Crippen LogP contribution >= 0.6 is 0 Å². The van der Waals surface area contributed by atoms with Gasteiger partial charge in [0, 0.05) is 31.9 Å². The Balaban J connectivity index is 1.64. The van der Waals surface area contributed by atoms with E-state index in [1.54, 1.807) is 0 Å². The van der Waals surface area contributed by atoms with E-state index in [4.69, 9.17) is 4.74 Å². The number of likely N-dealkylation sites (N-methyl/N-ethyl adjacent to an activating group) is 1. The average molecular weight is 453 g/mol. The molecule has 1 heterocycles. The van der Waals surface area contributed by atoms with Crippen LogP contribution in [0.25, 0.3) is 0 Å². The molecular weight excluding hydrogens is 416 g/mol. The molecule has 1 N–H and O–H groups in total. The van der Waals surface area contributed by atoms with Crippen molar-refractivity contribution in [2.45, 2.75) is 32.0 Å². The quantitative estimate of drug-likeness (QED) is 0.633. The Morgan fingerprint density at radius 1 is 0.970 bits per heavy atom. The smallest absolute Gasteiger partial charge is 0.247 e. The van der Waals surface area contributed by atoms with Gasteiger partial charge in [0.1, 0.15) is 6.04 Å². The van der Waals surface area contributed by atoms with Gasteiger partial charge < -0.3 is 19.9 Å². The summed E-state index contributed by atoms with van der Waals surface area (Å²) < 4.78 is 5.87. The van der Waals surface area contributed by atoms with E-state index in [0.29, 0.717) is 19.7 Å². The van der Waals surface area contributed by atoms with Crippen LogP contribution in [-0.4, -0.2) is 80.1 Å². The number of anilines is 1. The highest BCUT2D eigenvalue weighted by Gasteiger charge is 2.35. The molecule has 2 amide bonds. The highest BCUT2D eigenvalue weighted by Crippen LogP contribution is 2.17. The number of rotatable bonds is 9. The Hall–Kier alpha value is -2.90. The molecular formula is C26H36N4O3. The van der Waals surface area contributed by atoms with E-state index in [1.807, 2.05) is 86.3 Å². The van der Waals surface area contributed by atoms with Gasteiger partial charge in [0.05, 0.1) is 18.8 Å². The molecule has 0 radical (unpaired) electrons. The molecule has 33 heavy (non-hydrogen) atoms. The molecule has 1 unspecified atom stereocenters. The monoisotopic (exact) mass is 452 g/mol. The summed E-state index contributed by atoms with van der Waals surface area (Å²) in [4.78, 5) is 32.4. The maximum absolute atomic E-state index is 13.4. The average Bonchev–Trinajstić information content (AvgIpc) is 2.84. The summed E-state index contributed by atoms with van der Waals surface area (Å²) in [6, 6.07) is 19.3. The van der Waals surface area contributed by atoms with Gasteiger partial charge in [-0.05, 0) is 45.6 Å². The maximum Gasteiger partial charge on any atom is 0.247 e. The summed E-state index contributed by atoms with van der Waals surface area (Å²) in [7, 11) is 3.70. The van der Waals surface area contributed by atoms with Gasteiger partial charge in [-0.1, -0.05) is 48.5 Å². The summed E-state index contributed by atoms with van der Waals surface area (Å²) in [5.41, 5.74) is 1.44. The Morgan fingerprint density at radius 2 is 1.55 bits per heavy atom. The Kier molecular flexibility index (Phi) is 8.47. The number of carbonyl (C=O) groups excluding carboxylic acids is 2. The Labute approximate surface area is 197 Å². The predicted octanol–water partition coefficient (Wildman–Crippen LogP) is 2.38. The summed E-state index contributed by atoms with van der Waals surface area (Å²) in [5.74, 6) is -0.296. The van der Waals surface area contributed by atoms with Crippen molar-refractivity contribution in [3.05, 3.63) is 66.2 Å². The lowest BCUT2D eigenvalue weighted by molar-refractivity contribution is -0.141. The van der Waals surface area contributed by atoms with Crippen LogP contribution in [0.3, 0.4) is 0 Å². The van der Waals surface area contributed by atoms with Gasteiger partial charge in [-0.25, -0.2) is 0 Å². The van der Waals surface area contributed by atoms with Crippen LogP contribution in [0.15, 0.2) is 60.7 Å². The van der Waals surface area contributed by atoms with Gasteiger partial charge in [0.2, 0.25) is 11.8 Å². The Morgan fingerprint density at radius 3 is 2.12 bits per heavy atom. The van der Waals surface area contributed by atoms with Gasteiger partial charge in [-0.15, -0.1) is 0 Å². The first-order chi connectivity index (χ1) is 15.8. The zero-order valence-corrected chi connectivity index (χ0v) is 20.2. The molecule has 0 bridgehead atoms. The minimum Gasteiger partial charge on any atom is -0.374 e. The number of hydrogen-bond donors (Lipinski definition) is 1. The van der Waals surface area contributed by atoms with Crippen LogP contribution in [0.5, 0.6) is 0 Å². The number of hydrogen-bond acceptors (Lipinski definition) is 5. The highest BCUT2D eigenvalue weighted by atomic mass is 16.5. The first kappa shape index (κ1) is 24.7. The first-order valence-corrected chi connectivity index (χ1v) is 11.5. The standard InChI is InChI=1S/C26H36N4O3/c1-26(2,28(3)4)25(32)27-23(20-33-19-21-11-7-5-8-12-21)24(31)30-17-15-29(16-18-30)22-13-9-6-10-14-22/h5-14,23H,15-20H2,1-4H3,(H,27,32). The summed E-state index contributed by atoms with van der Waals surface area (Å²) >= 11 is 0. The second-order valence-corrected chi connectivity index (χ2v) is 9.13. The molecule has 1 aliphatic heterocycles. The normalized spacial score (nSPS) is 15.4. The topological polar surface area (TPSA) is 65.1 Å². The zero-order valence-electron chi connectivity index (χ0n) is 20.2. The van der Waals surface area contributed by atoms with Crippen LogP contribution < -0.4 is 10.2 Å². The molecule has 2 aromatic carbocycles. The van der Waals surface area contributed by atoms with Crippen molar-refractivity contribution in [3.63, 3.8) is 0 Å².